The van der Waals surface area contributed by atoms with Crippen LogP contribution in [0.4, 0.5) is 0 Å². The smallest absolute Gasteiger partial charge is 0.152 e. The third-order valence-corrected chi connectivity index (χ3v) is 3.23. The first kappa shape index (κ1) is 14.3. The Kier molecular flexibility index (Phi) is 5.36. The summed E-state index contributed by atoms with van der Waals surface area (Å²) in [4.78, 5) is 5.77. The lowest BCUT2D eigenvalue weighted by molar-refractivity contribution is 0.0516. The van der Waals surface area contributed by atoms with E-state index >= 15 is 0 Å². The molecule has 2 heteroatoms. The summed E-state index contributed by atoms with van der Waals surface area (Å²) in [7, 11) is 0. The van der Waals surface area contributed by atoms with E-state index in [-0.39, 0.29) is 6.10 Å². The Labute approximate surface area is 121 Å². The molecule has 20 heavy (non-hydrogen) atoms. The molecular weight excluding hydrogens is 246 g/mol. The van der Waals surface area contributed by atoms with Gasteiger partial charge in [-0.05, 0) is 24.5 Å². The minimum Gasteiger partial charge on any atom is -0.387 e. The summed E-state index contributed by atoms with van der Waals surface area (Å²) >= 11 is 0. The van der Waals surface area contributed by atoms with Gasteiger partial charge < -0.3 is 4.84 Å². The summed E-state index contributed by atoms with van der Waals surface area (Å²) < 4.78 is 0. The van der Waals surface area contributed by atoms with Crippen LogP contribution >= 0.6 is 0 Å². The molecule has 0 saturated carbocycles. The van der Waals surface area contributed by atoms with Crippen LogP contribution < -0.4 is 0 Å². The standard InChI is InChI=1S/C18H21NO/c1-3-10-18(17-13-8-5-9-14-17)20-19-15(2)16-11-6-4-7-12-16/h4-9,11-14,18H,3,10H2,1-2H3/b19-15+/t18-/m0/s1. The molecule has 0 saturated heterocycles. The van der Waals surface area contributed by atoms with Gasteiger partial charge in [0, 0.05) is 0 Å². The van der Waals surface area contributed by atoms with Crippen LogP contribution in [0.3, 0.4) is 0 Å². The van der Waals surface area contributed by atoms with Crippen molar-refractivity contribution in [2.45, 2.75) is 32.8 Å². The molecule has 0 aliphatic carbocycles. The predicted molar refractivity (Wildman–Crippen MR) is 83.8 cm³/mol. The summed E-state index contributed by atoms with van der Waals surface area (Å²) in [5, 5.41) is 4.31. The van der Waals surface area contributed by atoms with E-state index in [1.807, 2.05) is 55.5 Å². The van der Waals surface area contributed by atoms with Crippen LogP contribution in [0.15, 0.2) is 65.8 Å². The lowest BCUT2D eigenvalue weighted by Crippen LogP contribution is -2.03. The fourth-order valence-electron chi connectivity index (χ4n) is 2.08. The van der Waals surface area contributed by atoms with Gasteiger partial charge in [-0.3, -0.25) is 0 Å². The van der Waals surface area contributed by atoms with Crippen molar-refractivity contribution < 1.29 is 4.84 Å². The van der Waals surface area contributed by atoms with Crippen molar-refractivity contribution in [1.82, 2.24) is 0 Å². The van der Waals surface area contributed by atoms with E-state index in [4.69, 9.17) is 4.84 Å². The molecule has 0 fully saturated rings. The first-order chi connectivity index (χ1) is 9.81. The zero-order chi connectivity index (χ0) is 14.2. The molecule has 0 aromatic heterocycles. The van der Waals surface area contributed by atoms with Gasteiger partial charge in [0.2, 0.25) is 0 Å². The first-order valence-electron chi connectivity index (χ1n) is 7.12. The van der Waals surface area contributed by atoms with E-state index < -0.39 is 0 Å². The summed E-state index contributed by atoms with van der Waals surface area (Å²) in [5.74, 6) is 0. The molecule has 2 aromatic rings. The van der Waals surface area contributed by atoms with Gasteiger partial charge in [-0.15, -0.1) is 0 Å². The number of benzene rings is 2. The molecule has 0 radical (unpaired) electrons. The molecule has 2 rings (SSSR count). The lowest BCUT2D eigenvalue weighted by Gasteiger charge is -2.15. The topological polar surface area (TPSA) is 21.6 Å². The molecule has 0 aliphatic rings. The van der Waals surface area contributed by atoms with Crippen LogP contribution in [0.25, 0.3) is 0 Å². The number of rotatable bonds is 6. The predicted octanol–water partition coefficient (Wildman–Crippen LogP) is 4.97. The van der Waals surface area contributed by atoms with Gasteiger partial charge in [-0.25, -0.2) is 0 Å². The number of nitrogens with zero attached hydrogens (tertiary/aromatic N) is 1. The van der Waals surface area contributed by atoms with Crippen LogP contribution in [0.5, 0.6) is 0 Å². The molecule has 0 spiro atoms. The van der Waals surface area contributed by atoms with E-state index in [0.717, 1.165) is 24.1 Å². The SMILES string of the molecule is CCC[C@H](O/N=C(\C)c1ccccc1)c1ccccc1. The minimum atomic E-state index is 0.0277. The van der Waals surface area contributed by atoms with Gasteiger partial charge in [0.1, 0.15) is 0 Å². The maximum atomic E-state index is 5.77. The monoisotopic (exact) mass is 267 g/mol. The second-order valence-electron chi connectivity index (χ2n) is 4.84. The van der Waals surface area contributed by atoms with Gasteiger partial charge in [0.15, 0.2) is 6.10 Å². The van der Waals surface area contributed by atoms with Crippen molar-refractivity contribution in [1.29, 1.82) is 0 Å². The van der Waals surface area contributed by atoms with Crippen LogP contribution in [0.1, 0.15) is 43.9 Å². The highest BCUT2D eigenvalue weighted by Crippen LogP contribution is 2.23. The average Bonchev–Trinajstić information content (AvgIpc) is 2.53. The van der Waals surface area contributed by atoms with Crippen molar-refractivity contribution in [3.63, 3.8) is 0 Å². The first-order valence-corrected chi connectivity index (χ1v) is 7.12. The van der Waals surface area contributed by atoms with E-state index in [9.17, 15) is 0 Å². The fourth-order valence-corrected chi connectivity index (χ4v) is 2.08. The van der Waals surface area contributed by atoms with E-state index in [2.05, 4.69) is 24.2 Å². The molecule has 0 aliphatic heterocycles. The Morgan fingerprint density at radius 2 is 1.60 bits per heavy atom. The van der Waals surface area contributed by atoms with Crippen LogP contribution in [0.2, 0.25) is 0 Å². The summed E-state index contributed by atoms with van der Waals surface area (Å²) in [6.45, 7) is 4.14. The molecule has 0 amide bonds. The number of oxime groups is 1. The van der Waals surface area contributed by atoms with Crippen LogP contribution in [0, 0.1) is 0 Å². The zero-order valence-corrected chi connectivity index (χ0v) is 12.1. The molecule has 0 N–H and O–H groups in total. The van der Waals surface area contributed by atoms with Gasteiger partial charge >= 0.3 is 0 Å². The third-order valence-electron chi connectivity index (χ3n) is 3.23. The van der Waals surface area contributed by atoms with Gasteiger partial charge in [0.25, 0.3) is 0 Å². The van der Waals surface area contributed by atoms with E-state index in [1.54, 1.807) is 0 Å². The average molecular weight is 267 g/mol. The van der Waals surface area contributed by atoms with Gasteiger partial charge in [-0.2, -0.15) is 0 Å². The van der Waals surface area contributed by atoms with E-state index in [1.165, 1.54) is 5.56 Å². The summed E-state index contributed by atoms with van der Waals surface area (Å²) in [6, 6.07) is 20.4. The molecule has 1 atom stereocenters. The second-order valence-corrected chi connectivity index (χ2v) is 4.84. The highest BCUT2D eigenvalue weighted by molar-refractivity contribution is 5.98. The Bertz CT molecular complexity index is 534. The van der Waals surface area contributed by atoms with Crippen molar-refractivity contribution in [2.75, 3.05) is 0 Å². The molecule has 0 heterocycles. The number of hydrogen-bond acceptors (Lipinski definition) is 2. The van der Waals surface area contributed by atoms with Crippen molar-refractivity contribution in [3.05, 3.63) is 71.8 Å². The minimum absolute atomic E-state index is 0.0277. The van der Waals surface area contributed by atoms with Gasteiger partial charge in [-0.1, -0.05) is 79.2 Å². The molecule has 104 valence electrons. The molecule has 2 aromatic carbocycles. The normalized spacial score (nSPS) is 13.0. The molecule has 0 unspecified atom stereocenters. The summed E-state index contributed by atoms with van der Waals surface area (Å²) in [6.07, 6.45) is 2.06. The Hall–Kier alpha value is -2.09. The number of hydrogen-bond donors (Lipinski definition) is 0. The van der Waals surface area contributed by atoms with Crippen molar-refractivity contribution >= 4 is 5.71 Å². The van der Waals surface area contributed by atoms with E-state index in [0.29, 0.717) is 0 Å². The Balaban J connectivity index is 2.09. The highest BCUT2D eigenvalue weighted by atomic mass is 16.6. The molecular formula is C18H21NO. The van der Waals surface area contributed by atoms with Crippen LogP contribution in [-0.4, -0.2) is 5.71 Å². The fraction of sp³-hybridized carbons (Fsp3) is 0.278. The maximum Gasteiger partial charge on any atom is 0.152 e. The largest absolute Gasteiger partial charge is 0.387 e. The molecule has 0 bridgehead atoms. The Morgan fingerprint density at radius 1 is 1.00 bits per heavy atom. The van der Waals surface area contributed by atoms with Crippen molar-refractivity contribution in [3.8, 4) is 0 Å². The zero-order valence-electron chi connectivity index (χ0n) is 12.1. The van der Waals surface area contributed by atoms with Gasteiger partial charge in [0.05, 0.1) is 5.71 Å². The quantitative estimate of drug-likeness (QED) is 0.535. The Morgan fingerprint density at radius 3 is 2.20 bits per heavy atom. The highest BCUT2D eigenvalue weighted by Gasteiger charge is 2.11. The molecule has 2 nitrogen and oxygen atoms in total. The van der Waals surface area contributed by atoms with Crippen LogP contribution in [-0.2, 0) is 4.84 Å². The van der Waals surface area contributed by atoms with Crippen molar-refractivity contribution in [2.24, 2.45) is 5.16 Å². The maximum absolute atomic E-state index is 5.77. The third kappa shape index (κ3) is 3.95. The summed E-state index contributed by atoms with van der Waals surface area (Å²) in [5.41, 5.74) is 3.18. The second kappa shape index (κ2) is 7.49. The lowest BCUT2D eigenvalue weighted by atomic mass is 10.1.